The van der Waals surface area contributed by atoms with Crippen molar-refractivity contribution in [2.24, 2.45) is 5.41 Å². The van der Waals surface area contributed by atoms with E-state index in [0.717, 1.165) is 10.2 Å². The molecule has 0 radical (unpaired) electrons. The van der Waals surface area contributed by atoms with Crippen molar-refractivity contribution in [2.45, 2.75) is 40.7 Å². The predicted octanol–water partition coefficient (Wildman–Crippen LogP) is 4.78. The van der Waals surface area contributed by atoms with Crippen molar-refractivity contribution >= 4 is 33.2 Å². The van der Waals surface area contributed by atoms with Crippen molar-refractivity contribution in [3.8, 4) is 0 Å². The Labute approximate surface area is 123 Å². The molecule has 2 aromatic heterocycles. The second-order valence-corrected chi connectivity index (χ2v) is 7.24. The number of ether oxygens (including phenoxy) is 1. The summed E-state index contributed by atoms with van der Waals surface area (Å²) in [7, 11) is 0. The SMILES string of the molecule is CCOC(c1nc(Cl)c2cc(C)sc2n1)C(C)(C)C. The van der Waals surface area contributed by atoms with Crippen LogP contribution >= 0.6 is 22.9 Å². The smallest absolute Gasteiger partial charge is 0.161 e. The van der Waals surface area contributed by atoms with Crippen LogP contribution in [0.3, 0.4) is 0 Å². The van der Waals surface area contributed by atoms with Crippen LogP contribution in [0.2, 0.25) is 5.15 Å². The van der Waals surface area contributed by atoms with E-state index in [1.54, 1.807) is 11.3 Å². The number of thiophene rings is 1. The summed E-state index contributed by atoms with van der Waals surface area (Å²) in [4.78, 5) is 11.2. The number of fused-ring (bicyclic) bond motifs is 1. The molecular formula is C14H19ClN2OS. The lowest BCUT2D eigenvalue weighted by molar-refractivity contribution is -0.0188. The Kier molecular flexibility index (Phi) is 4.14. The highest BCUT2D eigenvalue weighted by Gasteiger charge is 2.30. The number of halogens is 1. The number of rotatable bonds is 3. The van der Waals surface area contributed by atoms with Crippen LogP contribution < -0.4 is 0 Å². The number of hydrogen-bond donors (Lipinski definition) is 0. The quantitative estimate of drug-likeness (QED) is 0.765. The Balaban J connectivity index is 2.54. The average Bonchev–Trinajstić information content (AvgIpc) is 2.65. The molecule has 0 amide bonds. The Hall–Kier alpha value is -0.710. The molecule has 1 unspecified atom stereocenters. The molecule has 2 aromatic rings. The highest BCUT2D eigenvalue weighted by atomic mass is 35.5. The van der Waals surface area contributed by atoms with Crippen LogP contribution in [-0.4, -0.2) is 16.6 Å². The van der Waals surface area contributed by atoms with Crippen LogP contribution in [0.5, 0.6) is 0 Å². The number of aryl methyl sites for hydroxylation is 1. The van der Waals surface area contributed by atoms with Gasteiger partial charge in [0.25, 0.3) is 0 Å². The van der Waals surface area contributed by atoms with E-state index in [4.69, 9.17) is 16.3 Å². The summed E-state index contributed by atoms with van der Waals surface area (Å²) in [5, 5.41) is 1.44. The van der Waals surface area contributed by atoms with Gasteiger partial charge in [-0.3, -0.25) is 0 Å². The summed E-state index contributed by atoms with van der Waals surface area (Å²) in [6, 6.07) is 2.03. The summed E-state index contributed by atoms with van der Waals surface area (Å²) < 4.78 is 5.82. The van der Waals surface area contributed by atoms with Crippen molar-refractivity contribution in [2.75, 3.05) is 6.61 Å². The van der Waals surface area contributed by atoms with Crippen LogP contribution in [0.4, 0.5) is 0 Å². The fourth-order valence-electron chi connectivity index (χ4n) is 2.02. The summed E-state index contributed by atoms with van der Waals surface area (Å²) in [5.41, 5.74) is -0.0701. The van der Waals surface area contributed by atoms with Gasteiger partial charge < -0.3 is 4.74 Å². The largest absolute Gasteiger partial charge is 0.370 e. The molecule has 104 valence electrons. The first-order valence-corrected chi connectivity index (χ1v) is 7.57. The second-order valence-electron chi connectivity index (χ2n) is 5.65. The molecule has 2 rings (SSSR count). The minimum Gasteiger partial charge on any atom is -0.370 e. The van der Waals surface area contributed by atoms with Gasteiger partial charge in [-0.2, -0.15) is 0 Å². The summed E-state index contributed by atoms with van der Waals surface area (Å²) in [6.45, 7) is 11.0. The highest BCUT2D eigenvalue weighted by molar-refractivity contribution is 7.18. The van der Waals surface area contributed by atoms with Gasteiger partial charge in [0.05, 0.1) is 0 Å². The zero-order valence-electron chi connectivity index (χ0n) is 12.0. The molecular weight excluding hydrogens is 280 g/mol. The Morgan fingerprint density at radius 3 is 2.63 bits per heavy atom. The summed E-state index contributed by atoms with van der Waals surface area (Å²) in [5.74, 6) is 0.675. The highest BCUT2D eigenvalue weighted by Crippen LogP contribution is 2.37. The third kappa shape index (κ3) is 3.07. The van der Waals surface area contributed by atoms with E-state index in [9.17, 15) is 0 Å². The predicted molar refractivity (Wildman–Crippen MR) is 81.0 cm³/mol. The average molecular weight is 299 g/mol. The zero-order chi connectivity index (χ0) is 14.2. The standard InChI is InChI=1S/C14H19ClN2OS/c1-6-18-10(14(3,4)5)12-16-11(15)9-7-8(2)19-13(9)17-12/h7,10H,6H2,1-5H3. The van der Waals surface area contributed by atoms with Gasteiger partial charge in [-0.1, -0.05) is 32.4 Å². The van der Waals surface area contributed by atoms with E-state index < -0.39 is 0 Å². The van der Waals surface area contributed by atoms with Gasteiger partial charge in [-0.25, -0.2) is 9.97 Å². The normalized spacial score (nSPS) is 14.0. The van der Waals surface area contributed by atoms with Gasteiger partial charge in [-0.05, 0) is 25.3 Å². The van der Waals surface area contributed by atoms with Gasteiger partial charge in [0.15, 0.2) is 5.82 Å². The summed E-state index contributed by atoms with van der Waals surface area (Å²) in [6.07, 6.45) is -0.151. The fourth-order valence-corrected chi connectivity index (χ4v) is 3.19. The molecule has 19 heavy (non-hydrogen) atoms. The van der Waals surface area contributed by atoms with Gasteiger partial charge in [-0.15, -0.1) is 11.3 Å². The third-order valence-corrected chi connectivity index (χ3v) is 4.07. The first-order valence-electron chi connectivity index (χ1n) is 6.38. The maximum Gasteiger partial charge on any atom is 0.161 e. The van der Waals surface area contributed by atoms with Gasteiger partial charge in [0, 0.05) is 16.9 Å². The number of nitrogens with zero attached hydrogens (tertiary/aromatic N) is 2. The van der Waals surface area contributed by atoms with E-state index in [-0.39, 0.29) is 11.5 Å². The minimum absolute atomic E-state index is 0.0701. The molecule has 0 saturated carbocycles. The second kappa shape index (κ2) is 5.35. The molecule has 0 fully saturated rings. The lowest BCUT2D eigenvalue weighted by Crippen LogP contribution is -2.23. The third-order valence-electron chi connectivity index (χ3n) is 2.84. The number of hydrogen-bond acceptors (Lipinski definition) is 4. The van der Waals surface area contributed by atoms with E-state index in [2.05, 4.69) is 30.7 Å². The van der Waals surface area contributed by atoms with Gasteiger partial charge in [0.2, 0.25) is 0 Å². The Morgan fingerprint density at radius 2 is 2.05 bits per heavy atom. The first-order chi connectivity index (χ1) is 8.82. The molecule has 2 heterocycles. The van der Waals surface area contributed by atoms with Crippen molar-refractivity contribution in [3.63, 3.8) is 0 Å². The molecule has 0 aliphatic rings. The fraction of sp³-hybridized carbons (Fsp3) is 0.571. The molecule has 1 atom stereocenters. The van der Waals surface area contributed by atoms with Crippen molar-refractivity contribution in [1.29, 1.82) is 0 Å². The lowest BCUT2D eigenvalue weighted by Gasteiger charge is -2.29. The van der Waals surface area contributed by atoms with E-state index in [1.165, 1.54) is 4.88 Å². The van der Waals surface area contributed by atoms with Crippen molar-refractivity contribution < 1.29 is 4.74 Å². The van der Waals surface area contributed by atoms with Crippen LogP contribution in [0.25, 0.3) is 10.2 Å². The first kappa shape index (κ1) is 14.7. The lowest BCUT2D eigenvalue weighted by atomic mass is 9.88. The zero-order valence-corrected chi connectivity index (χ0v) is 13.5. The Morgan fingerprint density at radius 1 is 1.37 bits per heavy atom. The molecule has 0 saturated heterocycles. The maximum atomic E-state index is 6.27. The van der Waals surface area contributed by atoms with Gasteiger partial charge in [0.1, 0.15) is 16.1 Å². The summed E-state index contributed by atoms with van der Waals surface area (Å²) >= 11 is 7.91. The molecule has 5 heteroatoms. The van der Waals surface area contributed by atoms with E-state index in [0.29, 0.717) is 17.6 Å². The van der Waals surface area contributed by atoms with E-state index in [1.807, 2.05) is 19.9 Å². The van der Waals surface area contributed by atoms with Crippen molar-refractivity contribution in [1.82, 2.24) is 9.97 Å². The maximum absolute atomic E-state index is 6.27. The molecule has 3 nitrogen and oxygen atoms in total. The molecule has 0 spiro atoms. The molecule has 0 aliphatic heterocycles. The number of aromatic nitrogens is 2. The Bertz CT molecular complexity index is 589. The molecule has 0 bridgehead atoms. The van der Waals surface area contributed by atoms with Crippen molar-refractivity contribution in [3.05, 3.63) is 21.9 Å². The molecule has 0 aromatic carbocycles. The van der Waals surface area contributed by atoms with Crippen LogP contribution in [0.1, 0.15) is 44.5 Å². The molecule has 0 aliphatic carbocycles. The monoisotopic (exact) mass is 298 g/mol. The van der Waals surface area contributed by atoms with Crippen LogP contribution in [0, 0.1) is 12.3 Å². The van der Waals surface area contributed by atoms with Crippen LogP contribution in [-0.2, 0) is 4.74 Å². The molecule has 0 N–H and O–H groups in total. The van der Waals surface area contributed by atoms with Gasteiger partial charge >= 0.3 is 0 Å². The topological polar surface area (TPSA) is 35.0 Å². The van der Waals surface area contributed by atoms with E-state index >= 15 is 0 Å². The van der Waals surface area contributed by atoms with Crippen LogP contribution in [0.15, 0.2) is 6.07 Å². The minimum atomic E-state index is -0.151.